The third-order valence-corrected chi connectivity index (χ3v) is 2.52. The fraction of sp³-hybridized carbons (Fsp3) is 0.467. The molecule has 0 aliphatic carbocycles. The molecule has 20 heavy (non-hydrogen) atoms. The Kier molecular flexibility index (Phi) is 5.13. The molecule has 5 heteroatoms. The first-order valence-electron chi connectivity index (χ1n) is 6.38. The summed E-state index contributed by atoms with van der Waals surface area (Å²) in [5.74, 6) is 0.655. The van der Waals surface area contributed by atoms with E-state index in [0.717, 1.165) is 0 Å². The number of carbonyl (C=O) groups excluding carboxylic acids is 2. The van der Waals surface area contributed by atoms with Gasteiger partial charge in [-0.2, -0.15) is 0 Å². The van der Waals surface area contributed by atoms with E-state index in [1.165, 1.54) is 7.11 Å². The van der Waals surface area contributed by atoms with Gasteiger partial charge in [-0.1, -0.05) is 0 Å². The van der Waals surface area contributed by atoms with E-state index in [9.17, 15) is 9.59 Å². The van der Waals surface area contributed by atoms with Crippen molar-refractivity contribution in [2.75, 3.05) is 7.11 Å². The molecule has 0 saturated carbocycles. The third kappa shape index (κ3) is 4.57. The number of hydrogen-bond acceptors (Lipinski definition) is 4. The van der Waals surface area contributed by atoms with Gasteiger partial charge in [0.2, 0.25) is 0 Å². The number of nitrogens with one attached hydrogen (secondary N) is 1. The van der Waals surface area contributed by atoms with Crippen molar-refractivity contribution >= 4 is 12.2 Å². The van der Waals surface area contributed by atoms with E-state index in [0.29, 0.717) is 23.3 Å². The number of ether oxygens (including phenoxy) is 2. The molecule has 1 aromatic carbocycles. The number of rotatable bonds is 5. The van der Waals surface area contributed by atoms with Gasteiger partial charge in [0.15, 0.2) is 12.4 Å². The van der Waals surface area contributed by atoms with Crippen LogP contribution < -0.4 is 14.8 Å². The predicted molar refractivity (Wildman–Crippen MR) is 76.4 cm³/mol. The second-order valence-electron chi connectivity index (χ2n) is 5.52. The Labute approximate surface area is 119 Å². The summed E-state index contributed by atoms with van der Waals surface area (Å²) in [7, 11) is 1.52. The lowest BCUT2D eigenvalue weighted by Gasteiger charge is -2.24. The second kappa shape index (κ2) is 6.41. The number of methoxy groups -OCH3 is 1. The highest BCUT2D eigenvalue weighted by Gasteiger charge is 2.21. The minimum atomic E-state index is -0.708. The SMILES string of the molecule is COc1ccc(C=O)c(OC(C)C(=O)NC(C)(C)C)c1. The van der Waals surface area contributed by atoms with E-state index in [4.69, 9.17) is 9.47 Å². The Bertz CT molecular complexity index is 491. The Balaban J connectivity index is 2.86. The van der Waals surface area contributed by atoms with E-state index in [1.807, 2.05) is 20.8 Å². The van der Waals surface area contributed by atoms with Gasteiger partial charge in [0, 0.05) is 11.6 Å². The maximum atomic E-state index is 12.0. The van der Waals surface area contributed by atoms with Gasteiger partial charge in [-0.25, -0.2) is 0 Å². The average Bonchev–Trinajstić information content (AvgIpc) is 2.36. The molecule has 0 fully saturated rings. The molecule has 0 aliphatic rings. The first kappa shape index (κ1) is 16.0. The molecular weight excluding hydrogens is 258 g/mol. The summed E-state index contributed by atoms with van der Waals surface area (Å²) < 4.78 is 10.6. The Morgan fingerprint density at radius 1 is 1.35 bits per heavy atom. The van der Waals surface area contributed by atoms with Crippen LogP contribution in [-0.2, 0) is 4.79 Å². The standard InChI is InChI=1S/C15H21NO4/c1-10(14(18)16-15(2,3)4)20-13-8-12(19-5)7-6-11(13)9-17/h6-10H,1-5H3,(H,16,18). The number of hydrogen-bond donors (Lipinski definition) is 1. The summed E-state index contributed by atoms with van der Waals surface area (Å²) >= 11 is 0. The topological polar surface area (TPSA) is 64.6 Å². The number of amides is 1. The van der Waals surface area contributed by atoms with Crippen molar-refractivity contribution in [1.82, 2.24) is 5.32 Å². The molecule has 0 bridgehead atoms. The lowest BCUT2D eigenvalue weighted by atomic mass is 10.1. The number of aldehydes is 1. The van der Waals surface area contributed by atoms with E-state index in [2.05, 4.69) is 5.32 Å². The molecule has 0 spiro atoms. The molecular formula is C15H21NO4. The van der Waals surface area contributed by atoms with Gasteiger partial charge in [0.05, 0.1) is 12.7 Å². The zero-order chi connectivity index (χ0) is 15.3. The monoisotopic (exact) mass is 279 g/mol. The molecule has 1 amide bonds. The van der Waals surface area contributed by atoms with Gasteiger partial charge in [0.25, 0.3) is 5.91 Å². The van der Waals surface area contributed by atoms with Gasteiger partial charge in [-0.15, -0.1) is 0 Å². The van der Waals surface area contributed by atoms with Crippen molar-refractivity contribution in [3.8, 4) is 11.5 Å². The highest BCUT2D eigenvalue weighted by molar-refractivity contribution is 5.83. The van der Waals surface area contributed by atoms with Crippen molar-refractivity contribution in [3.63, 3.8) is 0 Å². The quantitative estimate of drug-likeness (QED) is 0.839. The molecule has 0 radical (unpaired) electrons. The molecule has 1 aromatic rings. The van der Waals surface area contributed by atoms with Gasteiger partial charge in [0.1, 0.15) is 11.5 Å². The molecule has 5 nitrogen and oxygen atoms in total. The van der Waals surface area contributed by atoms with Gasteiger partial charge in [-0.05, 0) is 39.8 Å². The molecule has 1 atom stereocenters. The van der Waals surface area contributed by atoms with E-state index < -0.39 is 6.10 Å². The minimum Gasteiger partial charge on any atom is -0.497 e. The summed E-state index contributed by atoms with van der Waals surface area (Å²) in [6.45, 7) is 7.30. The van der Waals surface area contributed by atoms with Gasteiger partial charge in [-0.3, -0.25) is 9.59 Å². The number of benzene rings is 1. The predicted octanol–water partition coefficient (Wildman–Crippen LogP) is 2.19. The summed E-state index contributed by atoms with van der Waals surface area (Å²) in [5.41, 5.74) is 0.0394. The van der Waals surface area contributed by atoms with Crippen molar-refractivity contribution < 1.29 is 19.1 Å². The Morgan fingerprint density at radius 3 is 2.50 bits per heavy atom. The van der Waals surface area contributed by atoms with Crippen LogP contribution >= 0.6 is 0 Å². The van der Waals surface area contributed by atoms with Crippen LogP contribution in [0.2, 0.25) is 0 Å². The van der Waals surface area contributed by atoms with Crippen LogP contribution in [-0.4, -0.2) is 30.9 Å². The zero-order valence-corrected chi connectivity index (χ0v) is 12.5. The zero-order valence-electron chi connectivity index (χ0n) is 12.5. The largest absolute Gasteiger partial charge is 0.497 e. The second-order valence-corrected chi connectivity index (χ2v) is 5.52. The number of carbonyl (C=O) groups is 2. The van der Waals surface area contributed by atoms with Crippen LogP contribution in [0.4, 0.5) is 0 Å². The molecule has 1 rings (SSSR count). The van der Waals surface area contributed by atoms with Crippen LogP contribution in [0.3, 0.4) is 0 Å². The molecule has 0 saturated heterocycles. The van der Waals surface area contributed by atoms with E-state index in [-0.39, 0.29) is 11.4 Å². The first-order chi connectivity index (χ1) is 9.26. The minimum absolute atomic E-state index is 0.239. The fourth-order valence-electron chi connectivity index (χ4n) is 1.56. The van der Waals surface area contributed by atoms with Crippen molar-refractivity contribution in [2.24, 2.45) is 0 Å². The summed E-state index contributed by atoms with van der Waals surface area (Å²) in [4.78, 5) is 22.9. The van der Waals surface area contributed by atoms with Crippen molar-refractivity contribution in [1.29, 1.82) is 0 Å². The third-order valence-electron chi connectivity index (χ3n) is 2.52. The first-order valence-corrected chi connectivity index (χ1v) is 6.38. The molecule has 1 unspecified atom stereocenters. The molecule has 110 valence electrons. The highest BCUT2D eigenvalue weighted by Crippen LogP contribution is 2.24. The molecule has 1 N–H and O–H groups in total. The van der Waals surface area contributed by atoms with E-state index >= 15 is 0 Å². The molecule has 0 heterocycles. The molecule has 0 aliphatic heterocycles. The normalized spacial score (nSPS) is 12.4. The maximum Gasteiger partial charge on any atom is 0.261 e. The fourth-order valence-corrected chi connectivity index (χ4v) is 1.56. The summed E-state index contributed by atoms with van der Waals surface area (Å²) in [6.07, 6.45) is -0.0246. The van der Waals surface area contributed by atoms with Crippen molar-refractivity contribution in [2.45, 2.75) is 39.3 Å². The Hall–Kier alpha value is -2.04. The van der Waals surface area contributed by atoms with E-state index in [1.54, 1.807) is 25.1 Å². The average molecular weight is 279 g/mol. The molecule has 0 aromatic heterocycles. The van der Waals surface area contributed by atoms with Crippen LogP contribution in [0.5, 0.6) is 11.5 Å². The Morgan fingerprint density at radius 2 is 2.00 bits per heavy atom. The van der Waals surface area contributed by atoms with Gasteiger partial charge < -0.3 is 14.8 Å². The van der Waals surface area contributed by atoms with Crippen LogP contribution in [0.15, 0.2) is 18.2 Å². The maximum absolute atomic E-state index is 12.0. The lowest BCUT2D eigenvalue weighted by Crippen LogP contribution is -2.46. The highest BCUT2D eigenvalue weighted by atomic mass is 16.5. The van der Waals surface area contributed by atoms with Crippen LogP contribution in [0.1, 0.15) is 38.1 Å². The summed E-state index contributed by atoms with van der Waals surface area (Å²) in [5, 5.41) is 2.82. The van der Waals surface area contributed by atoms with Crippen LogP contribution in [0, 0.1) is 0 Å². The van der Waals surface area contributed by atoms with Crippen LogP contribution in [0.25, 0.3) is 0 Å². The lowest BCUT2D eigenvalue weighted by molar-refractivity contribution is -0.128. The summed E-state index contributed by atoms with van der Waals surface area (Å²) in [6, 6.07) is 4.84. The van der Waals surface area contributed by atoms with Crippen molar-refractivity contribution in [3.05, 3.63) is 23.8 Å². The van der Waals surface area contributed by atoms with Gasteiger partial charge >= 0.3 is 0 Å². The smallest absolute Gasteiger partial charge is 0.261 e.